The van der Waals surface area contributed by atoms with Crippen LogP contribution in [-0.4, -0.2) is 33.1 Å². The molecule has 7 nitrogen and oxygen atoms in total. The van der Waals surface area contributed by atoms with E-state index < -0.39 is 0 Å². The van der Waals surface area contributed by atoms with E-state index in [1.807, 2.05) is 37.3 Å². The fourth-order valence-electron chi connectivity index (χ4n) is 4.74. The van der Waals surface area contributed by atoms with Crippen LogP contribution in [0, 0.1) is 12.7 Å². The molecule has 3 N–H and O–H groups in total. The summed E-state index contributed by atoms with van der Waals surface area (Å²) in [6.07, 6.45) is 2.23. The predicted molar refractivity (Wildman–Crippen MR) is 138 cm³/mol. The van der Waals surface area contributed by atoms with Crippen LogP contribution in [0.25, 0.3) is 22.2 Å². The Balaban J connectivity index is 1.34. The molecule has 1 aliphatic heterocycles. The number of rotatable bonds is 4. The van der Waals surface area contributed by atoms with E-state index in [2.05, 4.69) is 43.0 Å². The van der Waals surface area contributed by atoms with Gasteiger partial charge in [-0.2, -0.15) is 0 Å². The predicted octanol–water partition coefficient (Wildman–Crippen LogP) is 5.04. The number of nitrogen functional groups attached to an aromatic ring is 1. The summed E-state index contributed by atoms with van der Waals surface area (Å²) in [5.41, 5.74) is 13.8. The highest BCUT2D eigenvalue weighted by Gasteiger charge is 2.21. The number of imidazole rings is 1. The maximum absolute atomic E-state index is 13.4. The maximum Gasteiger partial charge on any atom is 0.198 e. The Hall–Kier alpha value is -4.46. The monoisotopic (exact) mass is 480 g/mol. The van der Waals surface area contributed by atoms with E-state index >= 15 is 0 Å². The number of aromatic nitrogens is 4. The number of fused-ring (bicyclic) bond motifs is 2. The van der Waals surface area contributed by atoms with Crippen LogP contribution in [0.15, 0.2) is 67.0 Å². The average Bonchev–Trinajstić information content (AvgIpc) is 3.12. The number of nitrogens with zero attached hydrogens (tertiary/aromatic N) is 4. The van der Waals surface area contributed by atoms with Crippen LogP contribution in [0.1, 0.15) is 22.4 Å². The van der Waals surface area contributed by atoms with Crippen LogP contribution in [0.4, 0.5) is 16.2 Å². The number of halogens is 1. The van der Waals surface area contributed by atoms with E-state index in [4.69, 9.17) is 10.5 Å². The Morgan fingerprint density at radius 1 is 1.03 bits per heavy atom. The lowest BCUT2D eigenvalue weighted by atomic mass is 10.0. The van der Waals surface area contributed by atoms with Crippen LogP contribution in [0.5, 0.6) is 5.75 Å². The van der Waals surface area contributed by atoms with Crippen molar-refractivity contribution in [2.24, 2.45) is 0 Å². The number of benzene rings is 3. The lowest BCUT2D eigenvalue weighted by Crippen LogP contribution is -2.28. The van der Waals surface area contributed by atoms with Gasteiger partial charge >= 0.3 is 0 Å². The number of nitrogens with two attached hydrogens (primary N) is 1. The Labute approximate surface area is 207 Å². The zero-order chi connectivity index (χ0) is 24.6. The number of aryl methyl sites for hydroxylation is 1. The summed E-state index contributed by atoms with van der Waals surface area (Å²) < 4.78 is 19.5. The van der Waals surface area contributed by atoms with Gasteiger partial charge in [0, 0.05) is 29.8 Å². The Kier molecular flexibility index (Phi) is 5.48. The van der Waals surface area contributed by atoms with E-state index in [1.165, 1.54) is 12.1 Å². The van der Waals surface area contributed by atoms with Crippen molar-refractivity contribution >= 4 is 22.8 Å². The molecule has 0 saturated carbocycles. The van der Waals surface area contributed by atoms with Crippen molar-refractivity contribution in [3.63, 3.8) is 0 Å². The molecule has 5 aromatic rings. The van der Waals surface area contributed by atoms with Gasteiger partial charge in [-0.05, 0) is 60.0 Å². The molecule has 0 aliphatic carbocycles. The van der Waals surface area contributed by atoms with Crippen LogP contribution in [0.2, 0.25) is 0 Å². The summed E-state index contributed by atoms with van der Waals surface area (Å²) in [5.74, 6) is 1.92. The molecule has 180 valence electrons. The molecule has 6 rings (SSSR count). The Morgan fingerprint density at radius 2 is 1.83 bits per heavy atom. The molecule has 0 spiro atoms. The van der Waals surface area contributed by atoms with Gasteiger partial charge in [0.05, 0.1) is 17.6 Å². The lowest BCUT2D eigenvalue weighted by Gasteiger charge is -2.24. The first-order chi connectivity index (χ1) is 17.5. The molecule has 0 atom stereocenters. The molecule has 0 saturated heterocycles. The van der Waals surface area contributed by atoms with Crippen molar-refractivity contribution in [1.82, 2.24) is 19.9 Å². The van der Waals surface area contributed by atoms with Gasteiger partial charge in [0.1, 0.15) is 30.3 Å². The highest BCUT2D eigenvalue weighted by molar-refractivity contribution is 5.83. The number of hydrogen-bond acceptors (Lipinski definition) is 6. The molecular formula is C28H25FN6O. The van der Waals surface area contributed by atoms with Crippen LogP contribution < -0.4 is 15.4 Å². The molecule has 2 aromatic heterocycles. The van der Waals surface area contributed by atoms with Crippen molar-refractivity contribution in [2.45, 2.75) is 19.9 Å². The SMILES string of the molecule is Cc1ncnc(N2CCOc3ccc(-c4ccc5nc(N)[nH]c5c4)cc3C2)c1Cc1ccc(F)cc1. The minimum Gasteiger partial charge on any atom is -0.491 e. The van der Waals surface area contributed by atoms with Gasteiger partial charge in [-0.15, -0.1) is 0 Å². The minimum atomic E-state index is -0.243. The summed E-state index contributed by atoms with van der Waals surface area (Å²) in [5, 5.41) is 0. The molecule has 8 heteroatoms. The molecule has 3 aromatic carbocycles. The van der Waals surface area contributed by atoms with Crippen molar-refractivity contribution < 1.29 is 9.13 Å². The average molecular weight is 481 g/mol. The molecule has 3 heterocycles. The van der Waals surface area contributed by atoms with E-state index in [9.17, 15) is 4.39 Å². The second-order valence-corrected chi connectivity index (χ2v) is 9.01. The van der Waals surface area contributed by atoms with E-state index in [1.54, 1.807) is 6.33 Å². The molecular weight excluding hydrogens is 455 g/mol. The Morgan fingerprint density at radius 3 is 2.69 bits per heavy atom. The van der Waals surface area contributed by atoms with Crippen molar-refractivity contribution in [2.75, 3.05) is 23.8 Å². The summed E-state index contributed by atoms with van der Waals surface area (Å²) >= 11 is 0. The summed E-state index contributed by atoms with van der Waals surface area (Å²) in [7, 11) is 0. The first-order valence-corrected chi connectivity index (χ1v) is 11.8. The second-order valence-electron chi connectivity index (χ2n) is 9.01. The first-order valence-electron chi connectivity index (χ1n) is 11.8. The highest BCUT2D eigenvalue weighted by Crippen LogP contribution is 2.33. The first kappa shape index (κ1) is 22.0. The quantitative estimate of drug-likeness (QED) is 0.374. The van der Waals surface area contributed by atoms with Gasteiger partial charge in [-0.3, -0.25) is 0 Å². The Bertz CT molecular complexity index is 1560. The minimum absolute atomic E-state index is 0.243. The standard InChI is InChI=1S/C28H25FN6O/c1-17-23(12-18-2-6-22(29)7-3-18)27(32-16-31-17)35-10-11-36-26-9-5-19(13-21(26)15-35)20-4-8-24-25(14-20)34-28(30)33-24/h2-9,13-14,16H,10-12,15H2,1H3,(H3,30,33,34). The molecule has 0 unspecified atom stereocenters. The number of nitrogens with one attached hydrogen (secondary N) is 1. The zero-order valence-electron chi connectivity index (χ0n) is 19.8. The van der Waals surface area contributed by atoms with Gasteiger partial charge in [-0.1, -0.05) is 24.3 Å². The topological polar surface area (TPSA) is 92.9 Å². The molecule has 36 heavy (non-hydrogen) atoms. The number of ether oxygens (including phenoxy) is 1. The fourth-order valence-corrected chi connectivity index (χ4v) is 4.74. The second kappa shape index (κ2) is 8.96. The van der Waals surface area contributed by atoms with Gasteiger partial charge in [-0.25, -0.2) is 19.3 Å². The summed E-state index contributed by atoms with van der Waals surface area (Å²) in [4.78, 5) is 18.7. The third-order valence-electron chi connectivity index (χ3n) is 6.61. The van der Waals surface area contributed by atoms with Gasteiger partial charge in [0.15, 0.2) is 5.95 Å². The van der Waals surface area contributed by atoms with Crippen molar-refractivity contribution in [3.05, 3.63) is 95.2 Å². The van der Waals surface area contributed by atoms with Crippen molar-refractivity contribution in [1.29, 1.82) is 0 Å². The van der Waals surface area contributed by atoms with E-state index in [-0.39, 0.29) is 5.82 Å². The number of H-pyrrole nitrogens is 1. The smallest absolute Gasteiger partial charge is 0.198 e. The fraction of sp³-hybridized carbons (Fsp3) is 0.179. The molecule has 1 aliphatic rings. The van der Waals surface area contributed by atoms with Crippen LogP contribution >= 0.6 is 0 Å². The van der Waals surface area contributed by atoms with Crippen molar-refractivity contribution in [3.8, 4) is 16.9 Å². The highest BCUT2D eigenvalue weighted by atomic mass is 19.1. The third-order valence-corrected chi connectivity index (χ3v) is 6.61. The largest absolute Gasteiger partial charge is 0.491 e. The van der Waals surface area contributed by atoms with Crippen LogP contribution in [-0.2, 0) is 13.0 Å². The van der Waals surface area contributed by atoms with Gasteiger partial charge < -0.3 is 20.4 Å². The number of anilines is 2. The molecule has 0 bridgehead atoms. The zero-order valence-corrected chi connectivity index (χ0v) is 19.8. The normalized spacial score (nSPS) is 13.3. The lowest BCUT2D eigenvalue weighted by molar-refractivity contribution is 0.331. The van der Waals surface area contributed by atoms with E-state index in [0.29, 0.717) is 32.1 Å². The molecule has 0 radical (unpaired) electrons. The third kappa shape index (κ3) is 4.22. The van der Waals surface area contributed by atoms with E-state index in [0.717, 1.165) is 56.1 Å². The van der Waals surface area contributed by atoms with Gasteiger partial charge in [0.2, 0.25) is 0 Å². The summed E-state index contributed by atoms with van der Waals surface area (Å²) in [6, 6.07) is 18.9. The van der Waals surface area contributed by atoms with Crippen LogP contribution in [0.3, 0.4) is 0 Å². The summed E-state index contributed by atoms with van der Waals surface area (Å²) in [6.45, 7) is 3.87. The number of hydrogen-bond donors (Lipinski definition) is 2. The molecule has 0 fully saturated rings. The van der Waals surface area contributed by atoms with Gasteiger partial charge in [0.25, 0.3) is 0 Å². The number of aromatic amines is 1. The maximum atomic E-state index is 13.4. The molecule has 0 amide bonds.